The Bertz CT molecular complexity index is 1050. The van der Waals surface area contributed by atoms with E-state index in [1.54, 1.807) is 19.1 Å². The van der Waals surface area contributed by atoms with Crippen molar-refractivity contribution in [3.63, 3.8) is 0 Å². The lowest BCUT2D eigenvalue weighted by atomic mass is 9.69. The van der Waals surface area contributed by atoms with Gasteiger partial charge in [0.05, 0.1) is 12.1 Å². The Morgan fingerprint density at radius 3 is 2.39 bits per heavy atom. The van der Waals surface area contributed by atoms with Crippen LogP contribution >= 0.6 is 0 Å². The van der Waals surface area contributed by atoms with Gasteiger partial charge in [0, 0.05) is 11.6 Å². The average Bonchev–Trinajstić information content (AvgIpc) is 3.03. The fourth-order valence-corrected chi connectivity index (χ4v) is 4.97. The largest absolute Gasteiger partial charge is 0.574 e. The first-order valence-electron chi connectivity index (χ1n) is 10.6. The molecule has 2 amide bonds. The number of carbonyl (C=O) groups is 1. The summed E-state index contributed by atoms with van der Waals surface area (Å²) in [5.41, 5.74) is 0.358. The molecule has 0 bridgehead atoms. The standard InChI is InChI=1S/C22H25F4N5O2/c1-14-11-17(33-22(24,25)26)28-29-18(14)31-13-20(27-19(31)32)7-9-21(10-8-20,30(2)3)15-5-4-6-16(23)12-15/h4-6,11-12H,7-10,13H2,1-3H3,(H,27,32). The Morgan fingerprint density at radius 1 is 1.12 bits per heavy atom. The molecule has 1 aliphatic heterocycles. The maximum absolute atomic E-state index is 13.9. The van der Waals surface area contributed by atoms with Gasteiger partial charge in [0.2, 0.25) is 5.88 Å². The van der Waals surface area contributed by atoms with Crippen LogP contribution in [0.1, 0.15) is 36.8 Å². The van der Waals surface area contributed by atoms with Crippen molar-refractivity contribution in [2.24, 2.45) is 0 Å². The predicted octanol–water partition coefficient (Wildman–Crippen LogP) is 4.12. The first kappa shape index (κ1) is 23.2. The average molecular weight is 467 g/mol. The highest BCUT2D eigenvalue weighted by molar-refractivity contribution is 5.95. The zero-order valence-corrected chi connectivity index (χ0v) is 18.5. The van der Waals surface area contributed by atoms with Crippen LogP contribution in [0.15, 0.2) is 30.3 Å². The molecule has 1 saturated carbocycles. The molecule has 7 nitrogen and oxygen atoms in total. The molecule has 178 valence electrons. The van der Waals surface area contributed by atoms with E-state index in [1.165, 1.54) is 11.0 Å². The molecule has 2 aromatic rings. The van der Waals surface area contributed by atoms with Crippen molar-refractivity contribution in [1.29, 1.82) is 0 Å². The molecule has 1 saturated heterocycles. The highest BCUT2D eigenvalue weighted by Gasteiger charge is 2.51. The number of nitrogens with one attached hydrogen (secondary N) is 1. The van der Waals surface area contributed by atoms with Crippen LogP contribution in [0.2, 0.25) is 0 Å². The van der Waals surface area contributed by atoms with Gasteiger partial charge in [-0.15, -0.1) is 23.4 Å². The van der Waals surface area contributed by atoms with E-state index in [9.17, 15) is 22.4 Å². The molecule has 1 aromatic heterocycles. The first-order valence-corrected chi connectivity index (χ1v) is 10.6. The summed E-state index contributed by atoms with van der Waals surface area (Å²) in [6.45, 7) is 1.86. The number of ether oxygens (including phenoxy) is 1. The second kappa shape index (κ2) is 8.12. The number of benzene rings is 1. The molecule has 2 aliphatic rings. The van der Waals surface area contributed by atoms with Crippen molar-refractivity contribution >= 4 is 11.8 Å². The van der Waals surface area contributed by atoms with Crippen molar-refractivity contribution in [2.75, 3.05) is 25.5 Å². The number of hydrogen-bond donors (Lipinski definition) is 1. The number of carbonyl (C=O) groups excluding carboxylic acids is 1. The second-order valence-electron chi connectivity index (χ2n) is 8.97. The summed E-state index contributed by atoms with van der Waals surface area (Å²) >= 11 is 0. The molecule has 1 spiro atoms. The fraction of sp³-hybridized carbons (Fsp3) is 0.500. The van der Waals surface area contributed by atoms with Crippen molar-refractivity contribution in [1.82, 2.24) is 20.4 Å². The summed E-state index contributed by atoms with van der Waals surface area (Å²) in [5, 5.41) is 10.4. The van der Waals surface area contributed by atoms with Crippen LogP contribution in [0.4, 0.5) is 28.2 Å². The molecule has 1 N–H and O–H groups in total. The van der Waals surface area contributed by atoms with Gasteiger partial charge >= 0.3 is 12.4 Å². The van der Waals surface area contributed by atoms with Gasteiger partial charge in [-0.1, -0.05) is 12.1 Å². The second-order valence-corrected chi connectivity index (χ2v) is 8.97. The predicted molar refractivity (Wildman–Crippen MR) is 112 cm³/mol. The number of amides is 2. The van der Waals surface area contributed by atoms with E-state index < -0.39 is 17.8 Å². The van der Waals surface area contributed by atoms with Crippen molar-refractivity contribution < 1.29 is 27.1 Å². The minimum atomic E-state index is -4.87. The minimum absolute atomic E-state index is 0.188. The van der Waals surface area contributed by atoms with Gasteiger partial charge in [0.25, 0.3) is 0 Å². The lowest BCUT2D eigenvalue weighted by molar-refractivity contribution is -0.276. The number of halogens is 4. The zero-order chi connectivity index (χ0) is 24.0. The molecular weight excluding hydrogens is 442 g/mol. The number of anilines is 1. The number of rotatable bonds is 4. The molecule has 2 heterocycles. The number of hydrogen-bond acceptors (Lipinski definition) is 5. The SMILES string of the molecule is Cc1cc(OC(F)(F)F)nnc1N1CC2(CCC(c3cccc(F)c3)(N(C)C)CC2)NC1=O. The highest BCUT2D eigenvalue weighted by atomic mass is 19.4. The normalized spacial score (nSPS) is 25.6. The van der Waals surface area contributed by atoms with E-state index in [4.69, 9.17) is 0 Å². The molecule has 1 aliphatic carbocycles. The highest BCUT2D eigenvalue weighted by Crippen LogP contribution is 2.46. The third kappa shape index (κ3) is 4.46. The maximum Gasteiger partial charge on any atom is 0.574 e. The van der Waals surface area contributed by atoms with Crippen LogP contribution < -0.4 is 15.0 Å². The molecule has 33 heavy (non-hydrogen) atoms. The Kier molecular flexibility index (Phi) is 5.71. The molecule has 1 aromatic carbocycles. The van der Waals surface area contributed by atoms with E-state index in [0.717, 1.165) is 11.6 Å². The number of urea groups is 1. The summed E-state index contributed by atoms with van der Waals surface area (Å²) in [4.78, 5) is 16.3. The molecular formula is C22H25F4N5O2. The van der Waals surface area contributed by atoms with Crippen LogP contribution in [0, 0.1) is 12.7 Å². The van der Waals surface area contributed by atoms with Crippen molar-refractivity contribution in [3.8, 4) is 5.88 Å². The van der Waals surface area contributed by atoms with E-state index in [1.807, 2.05) is 20.2 Å². The summed E-state index contributed by atoms with van der Waals surface area (Å²) in [5.74, 6) is -0.781. The third-order valence-corrected chi connectivity index (χ3v) is 6.74. The lowest BCUT2D eigenvalue weighted by Crippen LogP contribution is -2.54. The lowest BCUT2D eigenvalue weighted by Gasteiger charge is -2.48. The quantitative estimate of drug-likeness (QED) is 0.685. The van der Waals surface area contributed by atoms with E-state index in [2.05, 4.69) is 25.2 Å². The zero-order valence-electron chi connectivity index (χ0n) is 18.5. The molecule has 2 fully saturated rings. The molecule has 0 unspecified atom stereocenters. The Labute approximate surface area is 188 Å². The van der Waals surface area contributed by atoms with Crippen LogP contribution in [0.3, 0.4) is 0 Å². The van der Waals surface area contributed by atoms with Gasteiger partial charge in [-0.2, -0.15) is 0 Å². The monoisotopic (exact) mass is 467 g/mol. The number of nitrogens with zero attached hydrogens (tertiary/aromatic N) is 4. The van der Waals surface area contributed by atoms with Gasteiger partial charge in [-0.25, -0.2) is 9.18 Å². The van der Waals surface area contributed by atoms with Crippen molar-refractivity contribution in [3.05, 3.63) is 47.3 Å². The first-order chi connectivity index (χ1) is 15.4. The Morgan fingerprint density at radius 2 is 1.82 bits per heavy atom. The Hall–Kier alpha value is -2.95. The number of aromatic nitrogens is 2. The smallest absolute Gasteiger partial charge is 0.386 e. The van der Waals surface area contributed by atoms with E-state index >= 15 is 0 Å². The van der Waals surface area contributed by atoms with Gasteiger partial charge < -0.3 is 10.1 Å². The van der Waals surface area contributed by atoms with Crippen LogP contribution in [-0.2, 0) is 5.54 Å². The van der Waals surface area contributed by atoms with E-state index in [0.29, 0.717) is 37.8 Å². The van der Waals surface area contributed by atoms with E-state index in [-0.39, 0.29) is 23.2 Å². The molecule has 11 heteroatoms. The third-order valence-electron chi connectivity index (χ3n) is 6.74. The number of alkyl halides is 3. The minimum Gasteiger partial charge on any atom is -0.386 e. The van der Waals surface area contributed by atoms with Gasteiger partial charge in [0.1, 0.15) is 5.82 Å². The van der Waals surface area contributed by atoms with Crippen molar-refractivity contribution in [2.45, 2.75) is 50.0 Å². The van der Waals surface area contributed by atoms with Gasteiger partial charge in [-0.3, -0.25) is 9.80 Å². The van der Waals surface area contributed by atoms with Gasteiger partial charge in [-0.05, 0) is 70.0 Å². The molecule has 0 radical (unpaired) electrons. The summed E-state index contributed by atoms with van der Waals surface area (Å²) in [7, 11) is 3.93. The Balaban J connectivity index is 1.53. The maximum atomic E-state index is 13.9. The molecule has 4 rings (SSSR count). The summed E-state index contributed by atoms with van der Waals surface area (Å²) in [6.07, 6.45) is -2.20. The van der Waals surface area contributed by atoms with Crippen LogP contribution in [0.5, 0.6) is 5.88 Å². The van der Waals surface area contributed by atoms with Crippen LogP contribution in [0.25, 0.3) is 0 Å². The van der Waals surface area contributed by atoms with Gasteiger partial charge in [0.15, 0.2) is 5.82 Å². The summed E-state index contributed by atoms with van der Waals surface area (Å²) in [6, 6.07) is 7.33. The fourth-order valence-electron chi connectivity index (χ4n) is 4.97. The van der Waals surface area contributed by atoms with Crippen LogP contribution in [-0.4, -0.2) is 53.7 Å². The molecule has 0 atom stereocenters. The number of aryl methyl sites for hydroxylation is 1. The topological polar surface area (TPSA) is 70.6 Å². The summed E-state index contributed by atoms with van der Waals surface area (Å²) < 4.78 is 55.1.